The summed E-state index contributed by atoms with van der Waals surface area (Å²) in [5.74, 6) is -0.201. The molecule has 0 aliphatic carbocycles. The minimum absolute atomic E-state index is 0.346. The van der Waals surface area contributed by atoms with Gasteiger partial charge in [0.05, 0.1) is 12.7 Å². The number of esters is 1. The van der Waals surface area contributed by atoms with Gasteiger partial charge in [0.15, 0.2) is 6.10 Å². The topological polar surface area (TPSA) is 64.6 Å². The van der Waals surface area contributed by atoms with Crippen molar-refractivity contribution in [3.8, 4) is 5.75 Å². The van der Waals surface area contributed by atoms with Gasteiger partial charge in [0.25, 0.3) is 5.91 Å². The van der Waals surface area contributed by atoms with Crippen LogP contribution in [0.4, 0.5) is 0 Å². The molecule has 5 heteroatoms. The van der Waals surface area contributed by atoms with Crippen molar-refractivity contribution in [1.82, 2.24) is 5.32 Å². The summed E-state index contributed by atoms with van der Waals surface area (Å²) in [6, 6.07) is 10.7. The molecule has 5 nitrogen and oxygen atoms in total. The molecule has 21 heavy (non-hydrogen) atoms. The minimum Gasteiger partial charge on any atom is -0.496 e. The summed E-state index contributed by atoms with van der Waals surface area (Å²) in [5, 5.41) is 3.99. The lowest BCUT2D eigenvalue weighted by Crippen LogP contribution is -2.33. The maximum absolute atomic E-state index is 12.2. The molecule has 0 saturated heterocycles. The van der Waals surface area contributed by atoms with Gasteiger partial charge in [0, 0.05) is 12.4 Å². The summed E-state index contributed by atoms with van der Waals surface area (Å²) >= 11 is 0. The molecule has 1 amide bonds. The van der Waals surface area contributed by atoms with Crippen molar-refractivity contribution in [2.45, 2.75) is 13.0 Å². The van der Waals surface area contributed by atoms with Gasteiger partial charge in [0.1, 0.15) is 5.75 Å². The third-order valence-electron chi connectivity index (χ3n) is 3.22. The summed E-state index contributed by atoms with van der Waals surface area (Å²) in [6.45, 7) is 1.53. The van der Waals surface area contributed by atoms with Crippen LogP contribution in [0.3, 0.4) is 0 Å². The van der Waals surface area contributed by atoms with Gasteiger partial charge in [-0.3, -0.25) is 4.79 Å². The van der Waals surface area contributed by atoms with E-state index in [9.17, 15) is 9.59 Å². The fraction of sp³-hybridized carbons (Fsp3) is 0.250. The fourth-order valence-corrected chi connectivity index (χ4v) is 2.11. The van der Waals surface area contributed by atoms with Crippen molar-refractivity contribution >= 4 is 22.6 Å². The van der Waals surface area contributed by atoms with Crippen LogP contribution in [-0.2, 0) is 9.53 Å². The van der Waals surface area contributed by atoms with Crippen molar-refractivity contribution in [2.24, 2.45) is 0 Å². The molecule has 2 rings (SSSR count). The van der Waals surface area contributed by atoms with Crippen LogP contribution in [0.15, 0.2) is 36.4 Å². The van der Waals surface area contributed by atoms with Crippen LogP contribution in [0.5, 0.6) is 5.75 Å². The Morgan fingerprint density at radius 1 is 1.10 bits per heavy atom. The number of amides is 1. The van der Waals surface area contributed by atoms with E-state index in [2.05, 4.69) is 5.32 Å². The lowest BCUT2D eigenvalue weighted by Gasteiger charge is -2.14. The van der Waals surface area contributed by atoms with Crippen molar-refractivity contribution in [3.05, 3.63) is 42.0 Å². The lowest BCUT2D eigenvalue weighted by atomic mass is 10.0. The zero-order chi connectivity index (χ0) is 15.4. The second kappa shape index (κ2) is 6.26. The van der Waals surface area contributed by atoms with Gasteiger partial charge >= 0.3 is 5.97 Å². The van der Waals surface area contributed by atoms with Gasteiger partial charge in [-0.1, -0.05) is 24.3 Å². The van der Waals surface area contributed by atoms with E-state index < -0.39 is 12.1 Å². The van der Waals surface area contributed by atoms with Crippen molar-refractivity contribution in [2.75, 3.05) is 14.2 Å². The molecule has 0 spiro atoms. The molecular weight excluding hydrogens is 270 g/mol. The highest BCUT2D eigenvalue weighted by Crippen LogP contribution is 2.28. The molecule has 1 atom stereocenters. The molecule has 0 aliphatic rings. The quantitative estimate of drug-likeness (QED) is 0.875. The lowest BCUT2D eigenvalue weighted by molar-refractivity contribution is -0.128. The molecule has 110 valence electrons. The van der Waals surface area contributed by atoms with E-state index in [1.54, 1.807) is 19.2 Å². The number of nitrogens with one attached hydrogen (secondary N) is 1. The third-order valence-corrected chi connectivity index (χ3v) is 3.22. The first-order valence-electron chi connectivity index (χ1n) is 6.56. The average molecular weight is 287 g/mol. The Morgan fingerprint density at radius 2 is 1.76 bits per heavy atom. The van der Waals surface area contributed by atoms with E-state index in [4.69, 9.17) is 9.47 Å². The van der Waals surface area contributed by atoms with Crippen molar-refractivity contribution in [3.63, 3.8) is 0 Å². The first kappa shape index (κ1) is 14.8. The van der Waals surface area contributed by atoms with Gasteiger partial charge in [-0.25, -0.2) is 4.79 Å². The van der Waals surface area contributed by atoms with E-state index >= 15 is 0 Å². The summed E-state index contributed by atoms with van der Waals surface area (Å²) < 4.78 is 10.5. The molecule has 0 aliphatic heterocycles. The molecule has 2 aromatic carbocycles. The number of hydrogen-bond donors (Lipinski definition) is 1. The Kier molecular flexibility index (Phi) is 4.42. The highest BCUT2D eigenvalue weighted by molar-refractivity contribution is 6.06. The number of rotatable bonds is 4. The predicted molar refractivity (Wildman–Crippen MR) is 79.4 cm³/mol. The number of benzene rings is 2. The van der Waals surface area contributed by atoms with Crippen LogP contribution in [0, 0.1) is 0 Å². The average Bonchev–Trinajstić information content (AvgIpc) is 2.52. The van der Waals surface area contributed by atoms with Gasteiger partial charge in [-0.05, 0) is 24.4 Å². The molecule has 0 bridgehead atoms. The van der Waals surface area contributed by atoms with E-state index in [1.165, 1.54) is 14.0 Å². The Balaban J connectivity index is 2.38. The molecule has 2 aromatic rings. The Bertz CT molecular complexity index is 681. The van der Waals surface area contributed by atoms with Crippen LogP contribution < -0.4 is 10.1 Å². The van der Waals surface area contributed by atoms with Gasteiger partial charge < -0.3 is 14.8 Å². The number of carbonyl (C=O) groups excluding carboxylic acids is 2. The number of ether oxygens (including phenoxy) is 2. The maximum Gasteiger partial charge on any atom is 0.339 e. The molecule has 0 heterocycles. The van der Waals surface area contributed by atoms with E-state index in [-0.39, 0.29) is 5.91 Å². The standard InChI is InChI=1S/C16H17NO4/c1-10(15(18)17-2)21-16(19)13-8-9-14(20-3)12-7-5-4-6-11(12)13/h4-10H,1-3H3,(H,17,18)/t10-/m0/s1. The highest BCUT2D eigenvalue weighted by atomic mass is 16.5. The second-order valence-electron chi connectivity index (χ2n) is 4.52. The number of likely N-dealkylation sites (N-methyl/N-ethyl adjacent to an activating group) is 1. The Labute approximate surface area is 122 Å². The van der Waals surface area contributed by atoms with E-state index in [0.717, 1.165) is 10.8 Å². The second-order valence-corrected chi connectivity index (χ2v) is 4.52. The summed E-state index contributed by atoms with van der Waals surface area (Å²) in [7, 11) is 3.07. The van der Waals surface area contributed by atoms with Crippen LogP contribution in [-0.4, -0.2) is 32.1 Å². The zero-order valence-corrected chi connectivity index (χ0v) is 12.2. The fourth-order valence-electron chi connectivity index (χ4n) is 2.11. The Morgan fingerprint density at radius 3 is 2.38 bits per heavy atom. The van der Waals surface area contributed by atoms with Crippen LogP contribution in [0.25, 0.3) is 10.8 Å². The normalized spacial score (nSPS) is 11.8. The number of carbonyl (C=O) groups is 2. The molecule has 1 N–H and O–H groups in total. The predicted octanol–water partition coefficient (Wildman–Crippen LogP) is 2.14. The number of fused-ring (bicyclic) bond motifs is 1. The van der Waals surface area contributed by atoms with E-state index in [0.29, 0.717) is 11.3 Å². The van der Waals surface area contributed by atoms with E-state index in [1.807, 2.05) is 24.3 Å². The largest absolute Gasteiger partial charge is 0.496 e. The molecule has 0 aromatic heterocycles. The van der Waals surface area contributed by atoms with Crippen LogP contribution in [0.2, 0.25) is 0 Å². The highest BCUT2D eigenvalue weighted by Gasteiger charge is 2.20. The number of hydrogen-bond acceptors (Lipinski definition) is 4. The first-order chi connectivity index (χ1) is 10.1. The van der Waals surface area contributed by atoms with Crippen molar-refractivity contribution in [1.29, 1.82) is 0 Å². The van der Waals surface area contributed by atoms with Gasteiger partial charge in [0.2, 0.25) is 0 Å². The smallest absolute Gasteiger partial charge is 0.339 e. The van der Waals surface area contributed by atoms with Gasteiger partial charge in [-0.2, -0.15) is 0 Å². The summed E-state index contributed by atoms with van der Waals surface area (Å²) in [6.07, 6.45) is -0.844. The third kappa shape index (κ3) is 2.97. The monoisotopic (exact) mass is 287 g/mol. The molecule has 0 saturated carbocycles. The molecule has 0 fully saturated rings. The maximum atomic E-state index is 12.2. The zero-order valence-electron chi connectivity index (χ0n) is 12.2. The molecule has 0 unspecified atom stereocenters. The Hall–Kier alpha value is -2.56. The summed E-state index contributed by atoms with van der Waals surface area (Å²) in [5.41, 5.74) is 0.405. The molecule has 0 radical (unpaired) electrons. The van der Waals surface area contributed by atoms with Crippen LogP contribution >= 0.6 is 0 Å². The minimum atomic E-state index is -0.844. The SMILES string of the molecule is CNC(=O)[C@H](C)OC(=O)c1ccc(OC)c2ccccc12. The van der Waals surface area contributed by atoms with Crippen molar-refractivity contribution < 1.29 is 19.1 Å². The van der Waals surface area contributed by atoms with Gasteiger partial charge in [-0.15, -0.1) is 0 Å². The summed E-state index contributed by atoms with van der Waals surface area (Å²) in [4.78, 5) is 23.7. The number of methoxy groups -OCH3 is 1. The van der Waals surface area contributed by atoms with Crippen LogP contribution in [0.1, 0.15) is 17.3 Å². The first-order valence-corrected chi connectivity index (χ1v) is 6.56. The molecular formula is C16H17NO4.